The van der Waals surface area contributed by atoms with E-state index in [9.17, 15) is 14.7 Å². The molecule has 4 heterocycles. The van der Waals surface area contributed by atoms with Crippen LogP contribution >= 0.6 is 0 Å². The first-order chi connectivity index (χ1) is 14.3. The number of aromatic nitrogens is 1. The van der Waals surface area contributed by atoms with Crippen molar-refractivity contribution >= 4 is 17.4 Å². The van der Waals surface area contributed by atoms with Crippen molar-refractivity contribution in [2.45, 2.75) is 46.6 Å². The third kappa shape index (κ3) is 3.37. The van der Waals surface area contributed by atoms with Gasteiger partial charge >= 0.3 is 0 Å². The summed E-state index contributed by atoms with van der Waals surface area (Å²) in [5, 5.41) is 11.2. The number of rotatable bonds is 5. The molecular formula is C23H29N3O4. The third-order valence-electron chi connectivity index (χ3n) is 6.35. The van der Waals surface area contributed by atoms with Crippen molar-refractivity contribution in [2.75, 3.05) is 26.2 Å². The standard InChI is InChI=1S/C23H29N3O4/c1-13-7-8-17(30-13)20-19(21(27)18-14(2)15(3)24-16(18)4)22(28)23(29)26(20)12-11-25-9-5-6-10-25/h7-8,20,24,27H,5-6,9-12H2,1-4H3/b21-19+. The van der Waals surface area contributed by atoms with Crippen LogP contribution in [0.5, 0.6) is 0 Å². The molecule has 0 spiro atoms. The van der Waals surface area contributed by atoms with Crippen LogP contribution in [0.1, 0.15) is 52.9 Å². The van der Waals surface area contributed by atoms with Gasteiger partial charge in [0.05, 0.1) is 5.57 Å². The molecule has 2 aliphatic rings. The minimum Gasteiger partial charge on any atom is -0.507 e. The summed E-state index contributed by atoms with van der Waals surface area (Å²) in [5.74, 6) is -0.198. The lowest BCUT2D eigenvalue weighted by Crippen LogP contribution is -2.37. The number of aryl methyl sites for hydroxylation is 3. The number of likely N-dealkylation sites (tertiary alicyclic amines) is 2. The molecule has 1 unspecified atom stereocenters. The zero-order valence-corrected chi connectivity index (χ0v) is 18.0. The minimum absolute atomic E-state index is 0.0981. The molecule has 2 aliphatic heterocycles. The van der Waals surface area contributed by atoms with Gasteiger partial charge in [-0.3, -0.25) is 9.59 Å². The van der Waals surface area contributed by atoms with E-state index in [-0.39, 0.29) is 11.3 Å². The van der Waals surface area contributed by atoms with Gasteiger partial charge in [0.25, 0.3) is 11.7 Å². The summed E-state index contributed by atoms with van der Waals surface area (Å²) in [7, 11) is 0. The molecule has 0 aliphatic carbocycles. The fourth-order valence-electron chi connectivity index (χ4n) is 4.66. The van der Waals surface area contributed by atoms with E-state index < -0.39 is 17.7 Å². The van der Waals surface area contributed by atoms with Gasteiger partial charge in [-0.25, -0.2) is 0 Å². The first kappa shape index (κ1) is 20.5. The summed E-state index contributed by atoms with van der Waals surface area (Å²) >= 11 is 0. The lowest BCUT2D eigenvalue weighted by Gasteiger charge is -2.25. The highest BCUT2D eigenvalue weighted by Gasteiger charge is 2.47. The van der Waals surface area contributed by atoms with Gasteiger partial charge in [-0.2, -0.15) is 0 Å². The maximum atomic E-state index is 13.1. The number of aliphatic hydroxyl groups excluding tert-OH is 1. The van der Waals surface area contributed by atoms with Crippen LogP contribution in [-0.4, -0.2) is 57.8 Å². The predicted octanol–water partition coefficient (Wildman–Crippen LogP) is 3.36. The van der Waals surface area contributed by atoms with Crippen LogP contribution in [0.25, 0.3) is 5.76 Å². The SMILES string of the molecule is Cc1ccc(C2/C(=C(\O)c3c(C)[nH]c(C)c3C)C(=O)C(=O)N2CCN2CCCC2)o1. The van der Waals surface area contributed by atoms with E-state index in [0.717, 1.165) is 42.9 Å². The van der Waals surface area contributed by atoms with E-state index in [4.69, 9.17) is 4.42 Å². The topological polar surface area (TPSA) is 89.8 Å². The summed E-state index contributed by atoms with van der Waals surface area (Å²) in [6.45, 7) is 10.6. The fraction of sp³-hybridized carbons (Fsp3) is 0.478. The predicted molar refractivity (Wildman–Crippen MR) is 113 cm³/mol. The molecular weight excluding hydrogens is 382 g/mol. The second kappa shape index (κ2) is 7.80. The first-order valence-corrected chi connectivity index (χ1v) is 10.5. The molecule has 160 valence electrons. The molecule has 0 aromatic carbocycles. The number of hydrogen-bond donors (Lipinski definition) is 2. The number of hydrogen-bond acceptors (Lipinski definition) is 5. The van der Waals surface area contributed by atoms with Gasteiger partial charge < -0.3 is 24.3 Å². The minimum atomic E-state index is -0.727. The van der Waals surface area contributed by atoms with Gasteiger partial charge in [-0.1, -0.05) is 0 Å². The van der Waals surface area contributed by atoms with Crippen molar-refractivity contribution in [1.82, 2.24) is 14.8 Å². The Morgan fingerprint density at radius 3 is 2.37 bits per heavy atom. The molecule has 2 N–H and O–H groups in total. The van der Waals surface area contributed by atoms with E-state index in [1.165, 1.54) is 0 Å². The molecule has 7 nitrogen and oxygen atoms in total. The molecule has 0 bridgehead atoms. The summed E-state index contributed by atoms with van der Waals surface area (Å²) in [5.41, 5.74) is 3.23. The summed E-state index contributed by atoms with van der Waals surface area (Å²) < 4.78 is 5.84. The number of carbonyl (C=O) groups excluding carboxylic acids is 2. The Bertz CT molecular complexity index is 1020. The zero-order chi connectivity index (χ0) is 21.6. The Morgan fingerprint density at radius 2 is 1.80 bits per heavy atom. The van der Waals surface area contributed by atoms with Gasteiger partial charge in [0.1, 0.15) is 23.3 Å². The normalized spacial score (nSPS) is 21.9. The van der Waals surface area contributed by atoms with Gasteiger partial charge in [0.15, 0.2) is 0 Å². The van der Waals surface area contributed by atoms with Gasteiger partial charge in [0.2, 0.25) is 0 Å². The van der Waals surface area contributed by atoms with Crippen molar-refractivity contribution in [3.05, 3.63) is 51.7 Å². The Balaban J connectivity index is 1.79. The van der Waals surface area contributed by atoms with Gasteiger partial charge in [0, 0.05) is 30.0 Å². The van der Waals surface area contributed by atoms with Crippen LogP contribution in [0.2, 0.25) is 0 Å². The van der Waals surface area contributed by atoms with Crippen molar-refractivity contribution in [3.8, 4) is 0 Å². The summed E-state index contributed by atoms with van der Waals surface area (Å²) in [6.07, 6.45) is 2.32. The quantitative estimate of drug-likeness (QED) is 0.447. The number of ketones is 1. The van der Waals surface area contributed by atoms with Crippen molar-refractivity contribution in [3.63, 3.8) is 0 Å². The molecule has 0 radical (unpaired) electrons. The summed E-state index contributed by atoms with van der Waals surface area (Å²) in [4.78, 5) is 33.1. The van der Waals surface area contributed by atoms with Crippen molar-refractivity contribution in [1.29, 1.82) is 0 Å². The highest BCUT2D eigenvalue weighted by molar-refractivity contribution is 6.46. The number of aromatic amines is 1. The van der Waals surface area contributed by atoms with E-state index in [1.807, 2.05) is 33.8 Å². The lowest BCUT2D eigenvalue weighted by molar-refractivity contribution is -0.140. The van der Waals surface area contributed by atoms with Crippen LogP contribution in [0, 0.1) is 27.7 Å². The van der Waals surface area contributed by atoms with Crippen LogP contribution in [0.4, 0.5) is 0 Å². The van der Waals surface area contributed by atoms with E-state index in [2.05, 4.69) is 9.88 Å². The fourth-order valence-corrected chi connectivity index (χ4v) is 4.66. The van der Waals surface area contributed by atoms with E-state index in [0.29, 0.717) is 30.2 Å². The van der Waals surface area contributed by atoms with Gasteiger partial charge in [-0.05, 0) is 71.3 Å². The van der Waals surface area contributed by atoms with Crippen molar-refractivity contribution in [2.24, 2.45) is 0 Å². The molecule has 1 atom stereocenters. The average molecular weight is 412 g/mol. The number of H-pyrrole nitrogens is 1. The van der Waals surface area contributed by atoms with E-state index >= 15 is 0 Å². The number of furan rings is 1. The second-order valence-electron chi connectivity index (χ2n) is 8.36. The summed E-state index contributed by atoms with van der Waals surface area (Å²) in [6, 6.07) is 2.87. The highest BCUT2D eigenvalue weighted by atomic mass is 16.3. The number of nitrogens with zero attached hydrogens (tertiary/aromatic N) is 2. The highest BCUT2D eigenvalue weighted by Crippen LogP contribution is 2.41. The molecule has 30 heavy (non-hydrogen) atoms. The third-order valence-corrected chi connectivity index (χ3v) is 6.35. The lowest BCUT2D eigenvalue weighted by atomic mass is 9.97. The number of carbonyl (C=O) groups is 2. The number of Topliss-reactive ketones (excluding diaryl/α,β-unsaturated/α-hetero) is 1. The number of nitrogens with one attached hydrogen (secondary N) is 1. The Morgan fingerprint density at radius 1 is 1.10 bits per heavy atom. The largest absolute Gasteiger partial charge is 0.507 e. The van der Waals surface area contributed by atoms with Crippen LogP contribution in [-0.2, 0) is 9.59 Å². The molecule has 2 fully saturated rings. The smallest absolute Gasteiger partial charge is 0.295 e. The molecule has 2 aromatic rings. The average Bonchev–Trinajstić information content (AvgIpc) is 3.45. The Labute approximate surface area is 176 Å². The molecule has 4 rings (SSSR count). The molecule has 0 saturated carbocycles. The molecule has 7 heteroatoms. The first-order valence-electron chi connectivity index (χ1n) is 10.5. The van der Waals surface area contributed by atoms with Crippen LogP contribution in [0.15, 0.2) is 22.1 Å². The second-order valence-corrected chi connectivity index (χ2v) is 8.36. The van der Waals surface area contributed by atoms with E-state index in [1.54, 1.807) is 11.0 Å². The van der Waals surface area contributed by atoms with Gasteiger partial charge in [-0.15, -0.1) is 0 Å². The molecule has 2 saturated heterocycles. The zero-order valence-electron chi connectivity index (χ0n) is 18.0. The maximum Gasteiger partial charge on any atom is 0.295 e. The van der Waals surface area contributed by atoms with Crippen LogP contribution < -0.4 is 0 Å². The number of amides is 1. The Hall–Kier alpha value is -2.80. The van der Waals surface area contributed by atoms with Crippen molar-refractivity contribution < 1.29 is 19.1 Å². The molecule has 1 amide bonds. The number of aliphatic hydroxyl groups is 1. The van der Waals surface area contributed by atoms with Crippen LogP contribution in [0.3, 0.4) is 0 Å². The monoisotopic (exact) mass is 411 g/mol. The molecule has 2 aromatic heterocycles. The maximum absolute atomic E-state index is 13.1. The Kier molecular flexibility index (Phi) is 5.32.